The third-order valence-corrected chi connectivity index (χ3v) is 5.86. The van der Waals surface area contributed by atoms with Crippen LogP contribution in [0, 0.1) is 5.92 Å². The zero-order chi connectivity index (χ0) is 15.5. The van der Waals surface area contributed by atoms with E-state index in [-0.39, 0.29) is 11.5 Å². The van der Waals surface area contributed by atoms with Crippen molar-refractivity contribution in [3.05, 3.63) is 23.8 Å². The number of sulfone groups is 1. The molecule has 0 saturated carbocycles. The summed E-state index contributed by atoms with van der Waals surface area (Å²) in [5, 5.41) is 2.70. The van der Waals surface area contributed by atoms with E-state index in [1.807, 2.05) is 0 Å². The lowest BCUT2D eigenvalue weighted by molar-refractivity contribution is 0.111. The lowest BCUT2D eigenvalue weighted by Gasteiger charge is -2.22. The van der Waals surface area contributed by atoms with Crippen molar-refractivity contribution >= 4 is 15.9 Å². The van der Waals surface area contributed by atoms with Crippen LogP contribution in [0.3, 0.4) is 0 Å². The van der Waals surface area contributed by atoms with E-state index in [0.29, 0.717) is 18.9 Å². The molecule has 5 nitrogen and oxygen atoms in total. The molecule has 2 aliphatic rings. The number of carbonyl (C=O) groups excluding carboxylic acids is 1. The number of allylic oxidation sites excluding steroid dienone is 2. The summed E-state index contributed by atoms with van der Waals surface area (Å²) in [6.07, 6.45) is 4.53. The molecule has 1 saturated heterocycles. The van der Waals surface area contributed by atoms with Crippen molar-refractivity contribution in [2.45, 2.75) is 38.7 Å². The summed E-state index contributed by atoms with van der Waals surface area (Å²) in [7, 11) is -3.02. The van der Waals surface area contributed by atoms with Crippen molar-refractivity contribution in [2.24, 2.45) is 5.92 Å². The molecule has 6 heteroatoms. The third kappa shape index (κ3) is 4.88. The molecular weight excluding hydrogens is 290 g/mol. The quantitative estimate of drug-likeness (QED) is 0.808. The lowest BCUT2D eigenvalue weighted by atomic mass is 9.85. The van der Waals surface area contributed by atoms with E-state index in [9.17, 15) is 13.2 Å². The number of amides is 1. The molecule has 1 N–H and O–H groups in total. The van der Waals surface area contributed by atoms with Gasteiger partial charge in [-0.05, 0) is 38.5 Å². The Bertz CT molecular complexity index is 550. The van der Waals surface area contributed by atoms with Crippen LogP contribution in [0.2, 0.25) is 0 Å². The molecule has 1 aliphatic carbocycles. The molecule has 1 heterocycles. The van der Waals surface area contributed by atoms with Crippen molar-refractivity contribution in [1.29, 1.82) is 0 Å². The maximum atomic E-state index is 11.7. The van der Waals surface area contributed by atoms with Crippen LogP contribution < -0.4 is 5.32 Å². The summed E-state index contributed by atoms with van der Waals surface area (Å²) in [6, 6.07) is 0. The van der Waals surface area contributed by atoms with Crippen LogP contribution in [0.25, 0.3) is 0 Å². The van der Waals surface area contributed by atoms with E-state index < -0.39 is 22.0 Å². The summed E-state index contributed by atoms with van der Waals surface area (Å²) in [5.41, 5.74) is 2.41. The Morgan fingerprint density at radius 2 is 2.24 bits per heavy atom. The fraction of sp³-hybridized carbons (Fsp3) is 0.667. The normalized spacial score (nSPS) is 27.8. The summed E-state index contributed by atoms with van der Waals surface area (Å²) >= 11 is 0. The first-order chi connectivity index (χ1) is 9.85. The molecule has 0 spiro atoms. The molecule has 2 atom stereocenters. The van der Waals surface area contributed by atoms with Crippen LogP contribution in [0.4, 0.5) is 4.79 Å². The lowest BCUT2D eigenvalue weighted by Crippen LogP contribution is -2.31. The van der Waals surface area contributed by atoms with E-state index in [0.717, 1.165) is 19.3 Å². The molecule has 1 aliphatic heterocycles. The maximum absolute atomic E-state index is 11.7. The van der Waals surface area contributed by atoms with E-state index >= 15 is 0 Å². The Morgan fingerprint density at radius 1 is 1.48 bits per heavy atom. The van der Waals surface area contributed by atoms with Gasteiger partial charge in [-0.2, -0.15) is 0 Å². The smallest absolute Gasteiger partial charge is 0.407 e. The summed E-state index contributed by atoms with van der Waals surface area (Å²) in [5.74, 6) is 0.603. The van der Waals surface area contributed by atoms with E-state index in [4.69, 9.17) is 4.74 Å². The van der Waals surface area contributed by atoms with Gasteiger partial charge in [0, 0.05) is 6.54 Å². The fourth-order valence-corrected chi connectivity index (χ4v) is 4.32. The molecular formula is C15H23NO4S. The largest absolute Gasteiger partial charge is 0.445 e. The first kappa shape index (κ1) is 16.1. The standard InChI is InChI=1S/C15H23NO4S/c1-11(2)13-5-3-12(4-6-13)9-16-15(17)20-14-7-8-21(18,19)10-14/h3,13-14H,1,4-10H2,2H3,(H,16,17). The molecule has 0 radical (unpaired) electrons. The molecule has 118 valence electrons. The van der Waals surface area contributed by atoms with E-state index in [1.54, 1.807) is 0 Å². The van der Waals surface area contributed by atoms with Gasteiger partial charge in [0.25, 0.3) is 0 Å². The Hall–Kier alpha value is -1.30. The molecule has 1 fully saturated rings. The predicted octanol–water partition coefficient (Wildman–Crippen LogP) is 2.20. The number of carbonyl (C=O) groups is 1. The van der Waals surface area contributed by atoms with Gasteiger partial charge in [-0.15, -0.1) is 0 Å². The summed E-state index contributed by atoms with van der Waals surface area (Å²) in [6.45, 7) is 6.50. The third-order valence-electron chi connectivity index (χ3n) is 4.13. The second-order valence-corrected chi connectivity index (χ2v) is 8.19. The Balaban J connectivity index is 1.71. The van der Waals surface area contributed by atoms with Gasteiger partial charge >= 0.3 is 6.09 Å². The summed E-state index contributed by atoms with van der Waals surface area (Å²) in [4.78, 5) is 11.7. The van der Waals surface area contributed by atoms with Gasteiger partial charge in [0.15, 0.2) is 9.84 Å². The van der Waals surface area contributed by atoms with Gasteiger partial charge in [0.05, 0.1) is 11.5 Å². The van der Waals surface area contributed by atoms with Crippen molar-refractivity contribution < 1.29 is 17.9 Å². The highest BCUT2D eigenvalue weighted by Crippen LogP contribution is 2.27. The monoisotopic (exact) mass is 313 g/mol. The first-order valence-electron chi connectivity index (χ1n) is 7.34. The fourth-order valence-electron chi connectivity index (χ4n) is 2.73. The second-order valence-electron chi connectivity index (χ2n) is 5.96. The average molecular weight is 313 g/mol. The molecule has 0 aromatic carbocycles. The minimum atomic E-state index is -3.02. The SMILES string of the molecule is C=C(C)C1CC=C(CNC(=O)OC2CCS(=O)(=O)C2)CC1. The molecule has 0 aromatic heterocycles. The number of hydrogen-bond acceptors (Lipinski definition) is 4. The van der Waals surface area contributed by atoms with Gasteiger partial charge in [-0.3, -0.25) is 0 Å². The van der Waals surface area contributed by atoms with Gasteiger partial charge in [0.1, 0.15) is 6.10 Å². The van der Waals surface area contributed by atoms with Crippen LogP contribution in [0.5, 0.6) is 0 Å². The minimum absolute atomic E-state index is 0.0522. The number of hydrogen-bond donors (Lipinski definition) is 1. The van der Waals surface area contributed by atoms with Crippen LogP contribution in [0.15, 0.2) is 23.8 Å². The van der Waals surface area contributed by atoms with Crippen molar-refractivity contribution in [1.82, 2.24) is 5.32 Å². The van der Waals surface area contributed by atoms with Gasteiger partial charge in [-0.25, -0.2) is 13.2 Å². The van der Waals surface area contributed by atoms with Crippen molar-refractivity contribution in [2.75, 3.05) is 18.1 Å². The number of alkyl carbamates (subject to hydrolysis) is 1. The maximum Gasteiger partial charge on any atom is 0.407 e. The molecule has 0 aromatic rings. The van der Waals surface area contributed by atoms with Crippen LogP contribution in [-0.4, -0.2) is 38.7 Å². The zero-order valence-electron chi connectivity index (χ0n) is 12.4. The molecule has 21 heavy (non-hydrogen) atoms. The van der Waals surface area contributed by atoms with Gasteiger partial charge < -0.3 is 10.1 Å². The molecule has 0 bridgehead atoms. The topological polar surface area (TPSA) is 72.5 Å². The highest BCUT2D eigenvalue weighted by Gasteiger charge is 2.30. The van der Waals surface area contributed by atoms with Crippen molar-refractivity contribution in [3.63, 3.8) is 0 Å². The van der Waals surface area contributed by atoms with E-state index in [1.165, 1.54) is 11.1 Å². The zero-order valence-corrected chi connectivity index (χ0v) is 13.2. The van der Waals surface area contributed by atoms with Crippen LogP contribution >= 0.6 is 0 Å². The van der Waals surface area contributed by atoms with Gasteiger partial charge in [0.2, 0.25) is 0 Å². The first-order valence-corrected chi connectivity index (χ1v) is 9.16. The molecule has 1 amide bonds. The molecule has 2 rings (SSSR count). The highest BCUT2D eigenvalue weighted by molar-refractivity contribution is 7.91. The Labute approximate surface area is 126 Å². The highest BCUT2D eigenvalue weighted by atomic mass is 32.2. The molecule has 2 unspecified atom stereocenters. The number of rotatable bonds is 4. The number of nitrogens with one attached hydrogen (secondary N) is 1. The van der Waals surface area contributed by atoms with E-state index in [2.05, 4.69) is 24.9 Å². The van der Waals surface area contributed by atoms with Crippen LogP contribution in [0.1, 0.15) is 32.6 Å². The van der Waals surface area contributed by atoms with Crippen molar-refractivity contribution in [3.8, 4) is 0 Å². The van der Waals surface area contributed by atoms with Crippen LogP contribution in [-0.2, 0) is 14.6 Å². The number of ether oxygens (including phenoxy) is 1. The predicted molar refractivity (Wildman–Crippen MR) is 81.8 cm³/mol. The minimum Gasteiger partial charge on any atom is -0.445 e. The Kier molecular flexibility index (Phi) is 5.08. The Morgan fingerprint density at radius 3 is 2.76 bits per heavy atom. The second kappa shape index (κ2) is 6.64. The summed E-state index contributed by atoms with van der Waals surface area (Å²) < 4.78 is 27.7. The average Bonchev–Trinajstić information content (AvgIpc) is 2.76. The van der Waals surface area contributed by atoms with Gasteiger partial charge in [-0.1, -0.05) is 23.8 Å².